The van der Waals surface area contributed by atoms with Crippen LogP contribution >= 0.6 is 0 Å². The van der Waals surface area contributed by atoms with Crippen molar-refractivity contribution in [2.24, 2.45) is 10.3 Å². The van der Waals surface area contributed by atoms with Gasteiger partial charge in [-0.05, 0) is 5.18 Å². The van der Waals surface area contributed by atoms with Gasteiger partial charge in [-0.1, -0.05) is 0 Å². The Morgan fingerprint density at radius 1 is 1.70 bits per heavy atom. The van der Waals surface area contributed by atoms with E-state index in [1.807, 2.05) is 0 Å². The summed E-state index contributed by atoms with van der Waals surface area (Å²) in [7, 11) is 3.38. The molecule has 0 fully saturated rings. The van der Waals surface area contributed by atoms with Crippen LogP contribution in [0.5, 0.6) is 0 Å². The molecule has 0 heterocycles. The van der Waals surface area contributed by atoms with E-state index in [1.54, 1.807) is 20.2 Å². The Morgan fingerprint density at radius 2 is 2.30 bits per heavy atom. The smallest absolute Gasteiger partial charge is 0.214 e. The zero-order chi connectivity index (χ0) is 7.98. The number of hydrogen-bond donors (Lipinski definition) is 0. The number of hydrogen-bond acceptors (Lipinski definition) is 5. The summed E-state index contributed by atoms with van der Waals surface area (Å²) in [5, 5.41) is 15.8. The first-order valence-electron chi connectivity index (χ1n) is 2.64. The fourth-order valence-corrected chi connectivity index (χ4v) is 0.281. The molecule has 0 spiro atoms. The quantitative estimate of drug-likeness (QED) is 0.319. The van der Waals surface area contributed by atoms with Crippen molar-refractivity contribution in [1.29, 1.82) is 5.26 Å². The van der Waals surface area contributed by atoms with Gasteiger partial charge in [-0.2, -0.15) is 10.4 Å². The first kappa shape index (κ1) is 8.56. The summed E-state index contributed by atoms with van der Waals surface area (Å²) in [6.45, 7) is 0. The third-order valence-electron chi connectivity index (χ3n) is 0.685. The fraction of sp³-hybridized carbons (Fsp3) is 0.600. The molecule has 10 heavy (non-hydrogen) atoms. The van der Waals surface area contributed by atoms with Crippen LogP contribution in [-0.2, 0) is 0 Å². The Labute approximate surface area is 58.9 Å². The van der Waals surface area contributed by atoms with Crippen molar-refractivity contribution in [1.82, 2.24) is 5.01 Å². The highest BCUT2D eigenvalue weighted by molar-refractivity contribution is 5.67. The van der Waals surface area contributed by atoms with Gasteiger partial charge in [0.1, 0.15) is 0 Å². The largest absolute Gasteiger partial charge is 0.303 e. The van der Waals surface area contributed by atoms with E-state index in [1.165, 1.54) is 11.2 Å². The highest BCUT2D eigenvalue weighted by Crippen LogP contribution is 1.83. The Morgan fingerprint density at radius 3 is 2.60 bits per heavy atom. The molecule has 1 atom stereocenters. The Hall–Kier alpha value is -1.44. The Bertz CT molecular complexity index is 169. The van der Waals surface area contributed by atoms with Crippen LogP contribution in [-0.4, -0.2) is 31.4 Å². The third-order valence-corrected chi connectivity index (χ3v) is 0.685. The molecule has 0 amide bonds. The lowest BCUT2D eigenvalue weighted by Gasteiger charge is -2.01. The summed E-state index contributed by atoms with van der Waals surface area (Å²) in [4.78, 5) is 9.77. The van der Waals surface area contributed by atoms with Crippen molar-refractivity contribution < 1.29 is 0 Å². The second kappa shape index (κ2) is 4.44. The number of hydrazone groups is 1. The molecule has 0 saturated carbocycles. The van der Waals surface area contributed by atoms with Crippen molar-refractivity contribution in [2.75, 3.05) is 14.1 Å². The molecule has 0 aromatic carbocycles. The zero-order valence-electron chi connectivity index (χ0n) is 5.85. The first-order chi connectivity index (χ1) is 4.70. The molecular formula is C5H8N4O. The average Bonchev–Trinajstić information content (AvgIpc) is 1.90. The fourth-order valence-electron chi connectivity index (χ4n) is 0.281. The second-order valence-electron chi connectivity index (χ2n) is 1.79. The highest BCUT2D eigenvalue weighted by Gasteiger charge is 1.99. The first-order valence-corrected chi connectivity index (χ1v) is 2.64. The van der Waals surface area contributed by atoms with Crippen molar-refractivity contribution in [2.45, 2.75) is 6.04 Å². The number of nitrogens with zero attached hydrogens (tertiary/aromatic N) is 4. The zero-order valence-corrected chi connectivity index (χ0v) is 5.85. The Kier molecular flexibility index (Phi) is 3.80. The normalized spacial score (nSPS) is 12.5. The molecule has 0 N–H and O–H groups in total. The van der Waals surface area contributed by atoms with Gasteiger partial charge in [0.25, 0.3) is 0 Å². The van der Waals surface area contributed by atoms with E-state index < -0.39 is 6.04 Å². The summed E-state index contributed by atoms with van der Waals surface area (Å²) in [5.41, 5.74) is 0. The van der Waals surface area contributed by atoms with Crippen molar-refractivity contribution in [3.05, 3.63) is 4.91 Å². The van der Waals surface area contributed by atoms with Gasteiger partial charge in [0.15, 0.2) is 0 Å². The van der Waals surface area contributed by atoms with Crippen LogP contribution in [0.25, 0.3) is 0 Å². The van der Waals surface area contributed by atoms with Crippen LogP contribution in [0.1, 0.15) is 0 Å². The van der Waals surface area contributed by atoms with Crippen molar-refractivity contribution >= 4 is 6.21 Å². The van der Waals surface area contributed by atoms with Crippen LogP contribution in [0.3, 0.4) is 0 Å². The molecule has 0 aromatic rings. The third kappa shape index (κ3) is 3.55. The van der Waals surface area contributed by atoms with Gasteiger partial charge in [0.05, 0.1) is 12.3 Å². The van der Waals surface area contributed by atoms with Crippen molar-refractivity contribution in [3.8, 4) is 6.07 Å². The van der Waals surface area contributed by atoms with E-state index in [0.717, 1.165) is 0 Å². The molecule has 0 aromatic heterocycles. The van der Waals surface area contributed by atoms with E-state index in [9.17, 15) is 4.91 Å². The maximum Gasteiger partial charge on any atom is 0.214 e. The molecule has 0 radical (unpaired) electrons. The van der Waals surface area contributed by atoms with Crippen molar-refractivity contribution in [3.63, 3.8) is 0 Å². The van der Waals surface area contributed by atoms with Gasteiger partial charge in [-0.25, -0.2) is 0 Å². The van der Waals surface area contributed by atoms with E-state index in [4.69, 9.17) is 5.26 Å². The predicted molar refractivity (Wildman–Crippen MR) is 37.4 cm³/mol. The molecule has 0 saturated heterocycles. The molecule has 5 nitrogen and oxygen atoms in total. The maximum absolute atomic E-state index is 9.77. The van der Waals surface area contributed by atoms with Gasteiger partial charge in [0, 0.05) is 14.1 Å². The summed E-state index contributed by atoms with van der Waals surface area (Å²) in [5.74, 6) is 0. The monoisotopic (exact) mass is 140 g/mol. The number of nitriles is 1. The second-order valence-corrected chi connectivity index (χ2v) is 1.79. The minimum atomic E-state index is -0.970. The average molecular weight is 140 g/mol. The summed E-state index contributed by atoms with van der Waals surface area (Å²) >= 11 is 0. The van der Waals surface area contributed by atoms with Gasteiger partial charge >= 0.3 is 0 Å². The van der Waals surface area contributed by atoms with Crippen LogP contribution < -0.4 is 0 Å². The topological polar surface area (TPSA) is 68.8 Å². The van der Waals surface area contributed by atoms with E-state index in [0.29, 0.717) is 0 Å². The molecular weight excluding hydrogens is 132 g/mol. The lowest BCUT2D eigenvalue weighted by atomic mass is 10.4. The molecule has 0 aliphatic carbocycles. The molecule has 0 rings (SSSR count). The molecule has 0 bridgehead atoms. The SMILES string of the molecule is CN(C)N=CC(C#N)N=O. The van der Waals surface area contributed by atoms with Crippen LogP contribution in [0.2, 0.25) is 0 Å². The highest BCUT2D eigenvalue weighted by atomic mass is 16.3. The van der Waals surface area contributed by atoms with Gasteiger partial charge in [-0.3, -0.25) is 0 Å². The number of rotatable bonds is 3. The Balaban J connectivity index is 3.87. The van der Waals surface area contributed by atoms with E-state index in [-0.39, 0.29) is 0 Å². The molecule has 5 heteroatoms. The van der Waals surface area contributed by atoms with Gasteiger partial charge < -0.3 is 5.01 Å². The summed E-state index contributed by atoms with van der Waals surface area (Å²) in [6, 6.07) is 0.682. The lowest BCUT2D eigenvalue weighted by Crippen LogP contribution is -2.07. The molecule has 0 aliphatic rings. The lowest BCUT2D eigenvalue weighted by molar-refractivity contribution is 0.439. The predicted octanol–water partition coefficient (Wildman–Crippen LogP) is 0.192. The van der Waals surface area contributed by atoms with Gasteiger partial charge in [-0.15, -0.1) is 4.91 Å². The minimum absolute atomic E-state index is 0.970. The summed E-state index contributed by atoms with van der Waals surface area (Å²) < 4.78 is 0. The standard InChI is InChI=1S/C5H8N4O/c1-9(2)7-4-5(3-6)8-10/h4-5H,1-2H3. The maximum atomic E-state index is 9.77. The summed E-state index contributed by atoms with van der Waals surface area (Å²) in [6.07, 6.45) is 1.19. The van der Waals surface area contributed by atoms with Crippen LogP contribution in [0.4, 0.5) is 0 Å². The molecule has 0 aliphatic heterocycles. The van der Waals surface area contributed by atoms with Crippen LogP contribution in [0, 0.1) is 16.2 Å². The molecule has 1 unspecified atom stereocenters. The number of nitroso groups, excluding NO2 is 1. The molecule has 54 valence electrons. The van der Waals surface area contributed by atoms with Gasteiger partial charge in [0.2, 0.25) is 6.04 Å². The minimum Gasteiger partial charge on any atom is -0.303 e. The van der Waals surface area contributed by atoms with E-state index in [2.05, 4.69) is 10.3 Å². The van der Waals surface area contributed by atoms with Crippen LogP contribution in [0.15, 0.2) is 10.3 Å². The van der Waals surface area contributed by atoms with E-state index >= 15 is 0 Å².